The highest BCUT2D eigenvalue weighted by molar-refractivity contribution is 5.85. The van der Waals surface area contributed by atoms with Crippen molar-refractivity contribution in [1.82, 2.24) is 0 Å². The second kappa shape index (κ2) is 6.96. The SMILES string of the molecule is CC(C)(C)[C@H]1CC[C@H](Oc2ccc3cc(CC=O)ccc3c2)CC1. The molecule has 0 aliphatic heterocycles. The summed E-state index contributed by atoms with van der Waals surface area (Å²) < 4.78 is 6.25. The van der Waals surface area contributed by atoms with Crippen molar-refractivity contribution in [2.45, 2.75) is 59.0 Å². The van der Waals surface area contributed by atoms with Crippen molar-refractivity contribution in [3.8, 4) is 5.75 Å². The van der Waals surface area contributed by atoms with Crippen molar-refractivity contribution in [2.24, 2.45) is 11.3 Å². The molecule has 2 nitrogen and oxygen atoms in total. The zero-order valence-corrected chi connectivity index (χ0v) is 15.0. The van der Waals surface area contributed by atoms with Gasteiger partial charge < -0.3 is 9.53 Å². The van der Waals surface area contributed by atoms with Crippen molar-refractivity contribution in [2.75, 3.05) is 0 Å². The van der Waals surface area contributed by atoms with Crippen molar-refractivity contribution < 1.29 is 9.53 Å². The summed E-state index contributed by atoms with van der Waals surface area (Å²) in [4.78, 5) is 10.7. The maximum absolute atomic E-state index is 10.7. The molecule has 0 aromatic heterocycles. The number of hydrogen-bond acceptors (Lipinski definition) is 2. The highest BCUT2D eigenvalue weighted by Crippen LogP contribution is 2.38. The molecule has 0 saturated heterocycles. The second-order valence-corrected chi connectivity index (χ2v) is 8.17. The quantitative estimate of drug-likeness (QED) is 0.688. The van der Waals surface area contributed by atoms with Crippen LogP contribution in [0.2, 0.25) is 0 Å². The van der Waals surface area contributed by atoms with Crippen molar-refractivity contribution in [3.63, 3.8) is 0 Å². The highest BCUT2D eigenvalue weighted by atomic mass is 16.5. The van der Waals surface area contributed by atoms with E-state index in [0.717, 1.165) is 41.7 Å². The van der Waals surface area contributed by atoms with E-state index in [0.29, 0.717) is 17.9 Å². The molecule has 24 heavy (non-hydrogen) atoms. The van der Waals surface area contributed by atoms with Gasteiger partial charge in [-0.15, -0.1) is 0 Å². The number of aldehydes is 1. The van der Waals surface area contributed by atoms with Gasteiger partial charge in [0.05, 0.1) is 6.10 Å². The van der Waals surface area contributed by atoms with Gasteiger partial charge in [0, 0.05) is 6.42 Å². The fourth-order valence-corrected chi connectivity index (χ4v) is 3.81. The average Bonchev–Trinajstić information content (AvgIpc) is 2.55. The van der Waals surface area contributed by atoms with E-state index >= 15 is 0 Å². The highest BCUT2D eigenvalue weighted by Gasteiger charge is 2.30. The topological polar surface area (TPSA) is 26.3 Å². The lowest BCUT2D eigenvalue weighted by Gasteiger charge is -2.37. The summed E-state index contributed by atoms with van der Waals surface area (Å²) in [7, 11) is 0. The summed E-state index contributed by atoms with van der Waals surface area (Å²) in [6.07, 6.45) is 6.59. The van der Waals surface area contributed by atoms with Gasteiger partial charge in [-0.2, -0.15) is 0 Å². The molecule has 0 heterocycles. The van der Waals surface area contributed by atoms with Gasteiger partial charge in [-0.05, 0) is 65.5 Å². The number of benzene rings is 2. The van der Waals surface area contributed by atoms with Gasteiger partial charge in [0.15, 0.2) is 0 Å². The molecule has 1 saturated carbocycles. The van der Waals surface area contributed by atoms with Crippen molar-refractivity contribution in [1.29, 1.82) is 0 Å². The van der Waals surface area contributed by atoms with Crippen molar-refractivity contribution >= 4 is 17.1 Å². The minimum Gasteiger partial charge on any atom is -0.490 e. The van der Waals surface area contributed by atoms with E-state index in [1.807, 2.05) is 6.07 Å². The average molecular weight is 324 g/mol. The lowest BCUT2D eigenvalue weighted by molar-refractivity contribution is -0.107. The summed E-state index contributed by atoms with van der Waals surface area (Å²) >= 11 is 0. The Kier molecular flexibility index (Phi) is 4.93. The Morgan fingerprint density at radius 1 is 1.00 bits per heavy atom. The van der Waals surface area contributed by atoms with Gasteiger partial charge in [-0.25, -0.2) is 0 Å². The lowest BCUT2D eigenvalue weighted by atomic mass is 9.72. The third-order valence-electron chi connectivity index (χ3n) is 5.40. The van der Waals surface area contributed by atoms with Gasteiger partial charge >= 0.3 is 0 Å². The molecular weight excluding hydrogens is 296 g/mol. The van der Waals surface area contributed by atoms with Gasteiger partial charge in [-0.3, -0.25) is 0 Å². The van der Waals surface area contributed by atoms with Crippen LogP contribution in [0.15, 0.2) is 36.4 Å². The fraction of sp³-hybridized carbons (Fsp3) is 0.500. The largest absolute Gasteiger partial charge is 0.490 e. The fourth-order valence-electron chi connectivity index (χ4n) is 3.81. The van der Waals surface area contributed by atoms with E-state index in [9.17, 15) is 4.79 Å². The molecule has 3 rings (SSSR count). The molecule has 0 N–H and O–H groups in total. The number of carbonyl (C=O) groups is 1. The van der Waals surface area contributed by atoms with Gasteiger partial charge in [-0.1, -0.05) is 45.0 Å². The number of ether oxygens (including phenoxy) is 1. The molecule has 128 valence electrons. The van der Waals surface area contributed by atoms with E-state index < -0.39 is 0 Å². The molecule has 2 heteroatoms. The molecule has 0 atom stereocenters. The Morgan fingerprint density at radius 3 is 2.33 bits per heavy atom. The van der Waals surface area contributed by atoms with Gasteiger partial charge in [0.25, 0.3) is 0 Å². The van der Waals surface area contributed by atoms with Crippen LogP contribution in [0.4, 0.5) is 0 Å². The second-order valence-electron chi connectivity index (χ2n) is 8.17. The predicted octanol–water partition coefficient (Wildman–Crippen LogP) is 5.56. The molecule has 0 unspecified atom stereocenters. The summed E-state index contributed by atoms with van der Waals surface area (Å²) in [6, 6.07) is 12.5. The minimum absolute atomic E-state index is 0.343. The van der Waals surface area contributed by atoms with Crippen LogP contribution < -0.4 is 4.74 Å². The minimum atomic E-state index is 0.343. The maximum Gasteiger partial charge on any atom is 0.124 e. The Balaban J connectivity index is 1.66. The van der Waals surface area contributed by atoms with E-state index in [4.69, 9.17) is 4.74 Å². The third kappa shape index (κ3) is 3.98. The molecule has 0 bridgehead atoms. The first-order valence-electron chi connectivity index (χ1n) is 9.09. The van der Waals surface area contributed by atoms with E-state index in [2.05, 4.69) is 51.1 Å². The molecule has 1 fully saturated rings. The normalized spacial score (nSPS) is 21.6. The number of hydrogen-bond donors (Lipinski definition) is 0. The number of carbonyl (C=O) groups excluding carboxylic acids is 1. The first kappa shape index (κ1) is 17.0. The monoisotopic (exact) mass is 324 g/mol. The summed E-state index contributed by atoms with van der Waals surface area (Å²) in [5.74, 6) is 1.77. The van der Waals surface area contributed by atoms with Gasteiger partial charge in [0.1, 0.15) is 12.0 Å². The molecule has 1 aliphatic rings. The zero-order chi connectivity index (χ0) is 17.2. The molecule has 0 spiro atoms. The lowest BCUT2D eigenvalue weighted by Crippen LogP contribution is -2.30. The molecule has 0 amide bonds. The standard InChI is InChI=1S/C22H28O2/c1-22(2,3)19-7-10-20(11-8-19)24-21-9-6-17-14-16(12-13-23)4-5-18(17)15-21/h4-6,9,13-15,19-20H,7-8,10-12H2,1-3H3/t19-,20-. The van der Waals surface area contributed by atoms with Crippen molar-refractivity contribution in [3.05, 3.63) is 42.0 Å². The van der Waals surface area contributed by atoms with E-state index in [-0.39, 0.29) is 0 Å². The molecular formula is C22H28O2. The first-order chi connectivity index (χ1) is 11.5. The van der Waals surface area contributed by atoms with Crippen LogP contribution in [0.25, 0.3) is 10.8 Å². The van der Waals surface area contributed by atoms with Gasteiger partial charge in [0.2, 0.25) is 0 Å². The molecule has 2 aromatic carbocycles. The summed E-state index contributed by atoms with van der Waals surface area (Å²) in [5.41, 5.74) is 1.47. The maximum atomic E-state index is 10.7. The van der Waals surface area contributed by atoms with Crippen LogP contribution in [-0.2, 0) is 11.2 Å². The smallest absolute Gasteiger partial charge is 0.124 e. The number of rotatable bonds is 4. The zero-order valence-electron chi connectivity index (χ0n) is 15.0. The van der Waals surface area contributed by atoms with Crippen LogP contribution in [0.1, 0.15) is 52.0 Å². The Hall–Kier alpha value is -1.83. The molecule has 2 aromatic rings. The summed E-state index contributed by atoms with van der Waals surface area (Å²) in [5, 5.41) is 2.34. The Bertz CT molecular complexity index is 703. The number of fused-ring (bicyclic) bond motifs is 1. The van der Waals surface area contributed by atoms with E-state index in [1.54, 1.807) is 0 Å². The molecule has 0 radical (unpaired) electrons. The van der Waals surface area contributed by atoms with Crippen LogP contribution in [-0.4, -0.2) is 12.4 Å². The molecule has 1 aliphatic carbocycles. The van der Waals surface area contributed by atoms with Crippen LogP contribution in [0.5, 0.6) is 5.75 Å². The first-order valence-corrected chi connectivity index (χ1v) is 9.09. The van der Waals surface area contributed by atoms with Crippen LogP contribution in [0.3, 0.4) is 0 Å². The third-order valence-corrected chi connectivity index (χ3v) is 5.40. The Labute approximate surface area is 145 Å². The van der Waals surface area contributed by atoms with E-state index in [1.165, 1.54) is 18.2 Å². The Morgan fingerprint density at radius 2 is 1.67 bits per heavy atom. The predicted molar refractivity (Wildman–Crippen MR) is 99.5 cm³/mol. The van der Waals surface area contributed by atoms with Crippen LogP contribution in [0, 0.1) is 11.3 Å². The van der Waals surface area contributed by atoms with Crippen LogP contribution >= 0.6 is 0 Å². The summed E-state index contributed by atoms with van der Waals surface area (Å²) in [6.45, 7) is 7.04.